The number of rotatable bonds is 4. The molecule has 2 heterocycles. The van der Waals surface area contributed by atoms with Gasteiger partial charge < -0.3 is 10.4 Å². The normalized spacial score (nSPS) is 10.1. The predicted molar refractivity (Wildman–Crippen MR) is 68.4 cm³/mol. The van der Waals surface area contributed by atoms with Gasteiger partial charge in [0.05, 0.1) is 5.69 Å². The van der Waals surface area contributed by atoms with Crippen LogP contribution in [-0.2, 0) is 11.3 Å². The summed E-state index contributed by atoms with van der Waals surface area (Å²) in [5.41, 5.74) is -0.319. The van der Waals surface area contributed by atoms with Crippen LogP contribution in [0.25, 0.3) is 0 Å². The van der Waals surface area contributed by atoms with E-state index in [0.717, 1.165) is 15.9 Å². The maximum atomic E-state index is 11.7. The van der Waals surface area contributed by atoms with Crippen LogP contribution in [0.4, 0.5) is 5.69 Å². The summed E-state index contributed by atoms with van der Waals surface area (Å²) in [4.78, 5) is 37.5. The van der Waals surface area contributed by atoms with Gasteiger partial charge in [0.2, 0.25) is 5.91 Å². The van der Waals surface area contributed by atoms with Crippen LogP contribution in [0.3, 0.4) is 0 Å². The highest BCUT2D eigenvalue weighted by molar-refractivity contribution is 7.12. The highest BCUT2D eigenvalue weighted by Crippen LogP contribution is 2.21. The molecular weight excluding hydrogens is 270 g/mol. The zero-order chi connectivity index (χ0) is 13.8. The van der Waals surface area contributed by atoms with Gasteiger partial charge in [-0.15, -0.1) is 11.3 Å². The van der Waals surface area contributed by atoms with Crippen molar-refractivity contribution >= 4 is 28.9 Å². The fourth-order valence-electron chi connectivity index (χ4n) is 1.43. The lowest BCUT2D eigenvalue weighted by Gasteiger charge is -2.05. The molecular formula is C11H9N3O4S. The lowest BCUT2D eigenvalue weighted by atomic mass is 10.3. The van der Waals surface area contributed by atoms with Crippen molar-refractivity contribution < 1.29 is 14.7 Å². The van der Waals surface area contributed by atoms with Crippen molar-refractivity contribution in [3.8, 4) is 0 Å². The number of nitrogens with one attached hydrogen (secondary N) is 1. The lowest BCUT2D eigenvalue weighted by molar-refractivity contribution is -0.116. The Morgan fingerprint density at radius 3 is 2.95 bits per heavy atom. The standard InChI is InChI=1S/C11H9N3O4S/c15-8(6-14-4-1-3-12-11(14)18)13-7-2-5-19-9(7)10(16)17/h1-5H,6H2,(H,13,15)(H,16,17). The van der Waals surface area contributed by atoms with Gasteiger partial charge in [-0.05, 0) is 17.5 Å². The number of carbonyl (C=O) groups excluding carboxylic acids is 1. The summed E-state index contributed by atoms with van der Waals surface area (Å²) in [7, 11) is 0. The molecule has 8 heteroatoms. The minimum atomic E-state index is -1.11. The quantitative estimate of drug-likeness (QED) is 0.855. The molecule has 0 bridgehead atoms. The smallest absolute Gasteiger partial charge is 0.348 e. The second-order valence-corrected chi connectivity index (χ2v) is 4.46. The fraction of sp³-hybridized carbons (Fsp3) is 0.0909. The molecule has 1 amide bonds. The van der Waals surface area contributed by atoms with Gasteiger partial charge in [-0.1, -0.05) is 0 Å². The van der Waals surface area contributed by atoms with Gasteiger partial charge in [-0.25, -0.2) is 14.6 Å². The van der Waals surface area contributed by atoms with Crippen LogP contribution in [0.15, 0.2) is 34.7 Å². The Morgan fingerprint density at radius 2 is 2.26 bits per heavy atom. The third-order valence-electron chi connectivity index (χ3n) is 2.23. The van der Waals surface area contributed by atoms with E-state index in [0.29, 0.717) is 0 Å². The minimum Gasteiger partial charge on any atom is -0.477 e. The number of hydrogen-bond donors (Lipinski definition) is 2. The van der Waals surface area contributed by atoms with E-state index in [-0.39, 0.29) is 17.1 Å². The van der Waals surface area contributed by atoms with Crippen molar-refractivity contribution in [1.29, 1.82) is 0 Å². The number of aromatic carboxylic acids is 1. The van der Waals surface area contributed by atoms with Crippen molar-refractivity contribution in [3.63, 3.8) is 0 Å². The summed E-state index contributed by atoms with van der Waals surface area (Å²) >= 11 is 1.01. The molecule has 2 aromatic rings. The second-order valence-electron chi connectivity index (χ2n) is 3.55. The first-order valence-electron chi connectivity index (χ1n) is 5.20. The van der Waals surface area contributed by atoms with E-state index in [1.807, 2.05) is 0 Å². The Morgan fingerprint density at radius 1 is 1.47 bits per heavy atom. The Labute approximate surface area is 111 Å². The van der Waals surface area contributed by atoms with Gasteiger partial charge in [0.1, 0.15) is 11.4 Å². The van der Waals surface area contributed by atoms with E-state index in [4.69, 9.17) is 5.11 Å². The van der Waals surface area contributed by atoms with Gasteiger partial charge in [0.25, 0.3) is 0 Å². The van der Waals surface area contributed by atoms with Crippen LogP contribution < -0.4 is 11.0 Å². The van der Waals surface area contributed by atoms with Crippen molar-refractivity contribution in [2.75, 3.05) is 5.32 Å². The molecule has 0 aromatic carbocycles. The maximum absolute atomic E-state index is 11.7. The van der Waals surface area contributed by atoms with Crippen LogP contribution in [0.1, 0.15) is 9.67 Å². The van der Waals surface area contributed by atoms with E-state index < -0.39 is 17.6 Å². The number of nitrogens with zero attached hydrogens (tertiary/aromatic N) is 2. The number of carbonyl (C=O) groups is 2. The summed E-state index contributed by atoms with van der Waals surface area (Å²) in [5.74, 6) is -1.60. The number of anilines is 1. The monoisotopic (exact) mass is 279 g/mol. The van der Waals surface area contributed by atoms with Gasteiger partial charge >= 0.3 is 11.7 Å². The zero-order valence-electron chi connectivity index (χ0n) is 9.57. The van der Waals surface area contributed by atoms with Crippen molar-refractivity contribution in [1.82, 2.24) is 9.55 Å². The molecule has 98 valence electrons. The Balaban J connectivity index is 2.10. The van der Waals surface area contributed by atoms with Crippen molar-refractivity contribution in [2.24, 2.45) is 0 Å². The first-order chi connectivity index (χ1) is 9.08. The van der Waals surface area contributed by atoms with Gasteiger partial charge in [-0.2, -0.15) is 0 Å². The van der Waals surface area contributed by atoms with Crippen LogP contribution in [0.5, 0.6) is 0 Å². The molecule has 0 atom stereocenters. The van der Waals surface area contributed by atoms with E-state index in [9.17, 15) is 14.4 Å². The number of aromatic nitrogens is 2. The fourth-order valence-corrected chi connectivity index (χ4v) is 2.11. The maximum Gasteiger partial charge on any atom is 0.348 e. The average Bonchev–Trinajstić information content (AvgIpc) is 2.80. The third kappa shape index (κ3) is 3.05. The highest BCUT2D eigenvalue weighted by atomic mass is 32.1. The molecule has 0 radical (unpaired) electrons. The number of hydrogen-bond acceptors (Lipinski definition) is 5. The average molecular weight is 279 g/mol. The first kappa shape index (κ1) is 13.0. The molecule has 0 aliphatic rings. The van der Waals surface area contributed by atoms with Gasteiger partial charge in [-0.3, -0.25) is 9.36 Å². The van der Waals surface area contributed by atoms with Gasteiger partial charge in [0, 0.05) is 12.4 Å². The predicted octanol–water partition coefficient (Wildman–Crippen LogP) is 0.642. The summed E-state index contributed by atoms with van der Waals surface area (Å²) in [5, 5.41) is 12.9. The van der Waals surface area contributed by atoms with Crippen molar-refractivity contribution in [3.05, 3.63) is 45.3 Å². The Bertz CT molecular complexity index is 676. The molecule has 2 aromatic heterocycles. The molecule has 0 saturated heterocycles. The second kappa shape index (κ2) is 5.44. The summed E-state index contributed by atoms with van der Waals surface area (Å²) in [6.45, 7) is -0.221. The topological polar surface area (TPSA) is 101 Å². The SMILES string of the molecule is O=C(Cn1cccnc1=O)Nc1ccsc1C(=O)O. The summed E-state index contributed by atoms with van der Waals surface area (Å²) < 4.78 is 1.13. The van der Waals surface area contributed by atoms with E-state index in [1.54, 1.807) is 5.38 Å². The number of amides is 1. The van der Waals surface area contributed by atoms with Crippen LogP contribution in [0.2, 0.25) is 0 Å². The lowest BCUT2D eigenvalue weighted by Crippen LogP contribution is -2.28. The van der Waals surface area contributed by atoms with E-state index in [2.05, 4.69) is 10.3 Å². The van der Waals surface area contributed by atoms with Gasteiger partial charge in [0.15, 0.2) is 0 Å². The minimum absolute atomic E-state index is 0.0480. The largest absolute Gasteiger partial charge is 0.477 e. The highest BCUT2D eigenvalue weighted by Gasteiger charge is 2.14. The van der Waals surface area contributed by atoms with E-state index >= 15 is 0 Å². The molecule has 0 unspecified atom stereocenters. The first-order valence-corrected chi connectivity index (χ1v) is 6.08. The zero-order valence-corrected chi connectivity index (χ0v) is 10.4. The molecule has 0 aliphatic heterocycles. The van der Waals surface area contributed by atoms with Crippen LogP contribution in [0, 0.1) is 0 Å². The molecule has 0 fully saturated rings. The molecule has 19 heavy (non-hydrogen) atoms. The van der Waals surface area contributed by atoms with Crippen LogP contribution >= 0.6 is 11.3 Å². The molecule has 0 saturated carbocycles. The molecule has 2 N–H and O–H groups in total. The molecule has 2 rings (SSSR count). The summed E-state index contributed by atoms with van der Waals surface area (Å²) in [6, 6.07) is 3.03. The number of carboxylic acids is 1. The Kier molecular flexibility index (Phi) is 3.71. The Hall–Kier alpha value is -2.48. The number of carboxylic acid groups (broad SMARTS) is 1. The molecule has 7 nitrogen and oxygen atoms in total. The molecule has 0 aliphatic carbocycles. The summed E-state index contributed by atoms with van der Waals surface area (Å²) in [6.07, 6.45) is 2.76. The van der Waals surface area contributed by atoms with E-state index in [1.165, 1.54) is 24.5 Å². The van der Waals surface area contributed by atoms with Crippen molar-refractivity contribution in [2.45, 2.75) is 6.54 Å². The van der Waals surface area contributed by atoms with Crippen LogP contribution in [-0.4, -0.2) is 26.5 Å². The number of thiophene rings is 1. The third-order valence-corrected chi connectivity index (χ3v) is 3.13. The molecule has 0 spiro atoms.